The minimum absolute atomic E-state index is 0.128. The summed E-state index contributed by atoms with van der Waals surface area (Å²) in [7, 11) is -2.83. The van der Waals surface area contributed by atoms with Crippen LogP contribution in [0.1, 0.15) is 13.8 Å². The molecule has 0 unspecified atom stereocenters. The lowest BCUT2D eigenvalue weighted by Crippen LogP contribution is -2.18. The second-order valence-electron chi connectivity index (χ2n) is 2.58. The second kappa shape index (κ2) is 3.34. The first-order chi connectivity index (χ1) is 5.52. The summed E-state index contributed by atoms with van der Waals surface area (Å²) < 4.78 is 26.0. The summed E-state index contributed by atoms with van der Waals surface area (Å²) in [6, 6.07) is 0.128. The minimum Gasteiger partial charge on any atom is -0.431 e. The Kier molecular flexibility index (Phi) is 2.61. The van der Waals surface area contributed by atoms with Gasteiger partial charge in [-0.25, -0.2) is 9.71 Å². The summed E-state index contributed by atoms with van der Waals surface area (Å²) >= 11 is 0. The molecule has 0 bridgehead atoms. The summed E-state index contributed by atoms with van der Waals surface area (Å²) in [6.45, 7) is 3.40. The number of rotatable bonds is 3. The van der Waals surface area contributed by atoms with Crippen molar-refractivity contribution in [2.45, 2.75) is 19.1 Å². The first kappa shape index (κ1) is 9.37. The van der Waals surface area contributed by atoms with E-state index in [0.717, 1.165) is 0 Å². The van der Waals surface area contributed by atoms with Gasteiger partial charge in [0.15, 0.2) is 0 Å². The molecule has 0 amide bonds. The summed E-state index contributed by atoms with van der Waals surface area (Å²) in [5, 5.41) is -0.274. The van der Waals surface area contributed by atoms with Crippen LogP contribution in [0.4, 0.5) is 6.01 Å². The summed E-state index contributed by atoms with van der Waals surface area (Å²) in [5.41, 5.74) is 0. The van der Waals surface area contributed by atoms with Crippen LogP contribution in [-0.4, -0.2) is 19.3 Å². The zero-order valence-electron chi connectivity index (χ0n) is 6.89. The van der Waals surface area contributed by atoms with Gasteiger partial charge in [0.2, 0.25) is 0 Å². The van der Waals surface area contributed by atoms with Crippen molar-refractivity contribution < 1.29 is 13.5 Å². The molecule has 0 atom stereocenters. The molecular weight excluding hydrogens is 180 g/mol. The molecule has 1 aromatic rings. The Morgan fingerprint density at radius 2 is 2.25 bits per heavy atom. The topological polar surface area (TPSA) is 78.5 Å². The zero-order valence-corrected chi connectivity index (χ0v) is 7.71. The Bertz CT molecular complexity index is 235. The third-order valence-corrected chi connectivity index (χ3v) is 3.12. The quantitative estimate of drug-likeness (QED) is 0.684. The summed E-state index contributed by atoms with van der Waals surface area (Å²) in [6.07, 6.45) is 2.79. The molecule has 0 aliphatic heterocycles. The van der Waals surface area contributed by atoms with Crippen molar-refractivity contribution in [3.05, 3.63) is 12.5 Å². The van der Waals surface area contributed by atoms with Gasteiger partial charge in [0.25, 0.3) is 0 Å². The van der Waals surface area contributed by atoms with Gasteiger partial charge in [-0.05, 0) is 13.8 Å². The molecule has 0 aliphatic carbocycles. The Labute approximate surface area is 72.3 Å². The van der Waals surface area contributed by atoms with Gasteiger partial charge < -0.3 is 4.42 Å². The molecule has 0 aromatic carbocycles. The van der Waals surface area contributed by atoms with Crippen molar-refractivity contribution in [1.29, 1.82) is 0 Å². The van der Waals surface area contributed by atoms with Crippen LogP contribution in [0, 0.1) is 0 Å². The van der Waals surface area contributed by atoms with E-state index in [0.29, 0.717) is 0 Å². The van der Waals surface area contributed by atoms with E-state index in [2.05, 4.69) is 9.71 Å². The van der Waals surface area contributed by atoms with Gasteiger partial charge in [-0.15, -0.1) is 10.8 Å². The predicted molar refractivity (Wildman–Crippen MR) is 48.1 cm³/mol. The maximum Gasteiger partial charge on any atom is 0.313 e. The highest BCUT2D eigenvalue weighted by Crippen LogP contribution is 2.42. The van der Waals surface area contributed by atoms with E-state index in [1.54, 1.807) is 13.8 Å². The number of nitrogens with zero attached hydrogens (tertiary/aromatic N) is 1. The molecule has 5 nitrogen and oxygen atoms in total. The van der Waals surface area contributed by atoms with Crippen LogP contribution in [0.3, 0.4) is 0 Å². The lowest BCUT2D eigenvalue weighted by molar-refractivity contribution is 0.479. The van der Waals surface area contributed by atoms with Crippen LogP contribution in [-0.2, 0) is 0 Å². The van der Waals surface area contributed by atoms with Gasteiger partial charge in [0, 0.05) is 0 Å². The molecular formula is C6H12N2O3S. The third-order valence-electron chi connectivity index (χ3n) is 1.33. The van der Waals surface area contributed by atoms with Crippen molar-refractivity contribution in [3.63, 3.8) is 0 Å². The van der Waals surface area contributed by atoms with Gasteiger partial charge >= 0.3 is 6.01 Å². The van der Waals surface area contributed by atoms with E-state index in [-0.39, 0.29) is 11.3 Å². The van der Waals surface area contributed by atoms with E-state index in [9.17, 15) is 9.11 Å². The maximum absolute atomic E-state index is 9.39. The molecule has 1 rings (SSSR count). The number of hydrogen-bond donors (Lipinski definition) is 3. The molecule has 0 saturated carbocycles. The minimum atomic E-state index is -2.83. The van der Waals surface area contributed by atoms with Crippen molar-refractivity contribution in [2.24, 2.45) is 0 Å². The molecule has 0 fully saturated rings. The molecule has 0 aliphatic rings. The molecule has 70 valence electrons. The van der Waals surface area contributed by atoms with E-state index in [4.69, 9.17) is 4.42 Å². The third kappa shape index (κ3) is 2.13. The van der Waals surface area contributed by atoms with E-state index >= 15 is 0 Å². The number of nitrogens with one attached hydrogen (secondary N) is 1. The molecule has 0 radical (unpaired) electrons. The molecule has 6 heteroatoms. The van der Waals surface area contributed by atoms with Crippen molar-refractivity contribution in [3.8, 4) is 0 Å². The molecule has 0 saturated heterocycles. The monoisotopic (exact) mass is 192 g/mol. The van der Waals surface area contributed by atoms with Gasteiger partial charge in [-0.3, -0.25) is 9.11 Å². The Hall–Kier alpha value is -0.720. The number of hydrogen-bond acceptors (Lipinski definition) is 5. The van der Waals surface area contributed by atoms with Crippen LogP contribution in [0.2, 0.25) is 0 Å². The Morgan fingerprint density at radius 3 is 2.67 bits per heavy atom. The summed E-state index contributed by atoms with van der Waals surface area (Å²) in [5.74, 6) is 0. The molecule has 1 aromatic heterocycles. The van der Waals surface area contributed by atoms with Gasteiger partial charge in [-0.2, -0.15) is 0 Å². The fourth-order valence-corrected chi connectivity index (χ4v) is 1.11. The van der Waals surface area contributed by atoms with E-state index in [1.807, 2.05) is 0 Å². The number of oxazole rings is 1. The lowest BCUT2D eigenvalue weighted by atomic mass is 10.6. The van der Waals surface area contributed by atoms with Crippen molar-refractivity contribution >= 4 is 16.8 Å². The Balaban J connectivity index is 2.62. The SMILES string of the molecule is CC(C)S(O)(O)Nc1ncco1. The largest absolute Gasteiger partial charge is 0.431 e. The van der Waals surface area contributed by atoms with Gasteiger partial charge in [-0.1, -0.05) is 0 Å². The van der Waals surface area contributed by atoms with E-state index in [1.165, 1.54) is 12.5 Å². The van der Waals surface area contributed by atoms with Gasteiger partial charge in [0.05, 0.1) is 11.4 Å². The zero-order chi connectivity index (χ0) is 9.19. The average Bonchev–Trinajstić information content (AvgIpc) is 2.38. The van der Waals surface area contributed by atoms with Crippen molar-refractivity contribution in [2.75, 3.05) is 4.72 Å². The van der Waals surface area contributed by atoms with Crippen LogP contribution in [0.5, 0.6) is 0 Å². The highest BCUT2D eigenvalue weighted by Gasteiger charge is 2.18. The lowest BCUT2D eigenvalue weighted by Gasteiger charge is -2.35. The Morgan fingerprint density at radius 1 is 1.58 bits per heavy atom. The highest BCUT2D eigenvalue weighted by atomic mass is 32.3. The molecule has 1 heterocycles. The standard InChI is InChI=1S/C6H12N2O3S/c1-5(2)12(9,10)8-6-7-3-4-11-6/h3-5,9-10H,1-2H3,(H,7,8). The average molecular weight is 192 g/mol. The number of aromatic nitrogens is 1. The molecule has 0 spiro atoms. The van der Waals surface area contributed by atoms with Crippen LogP contribution >= 0.6 is 10.8 Å². The first-order valence-corrected chi connectivity index (χ1v) is 5.07. The summed E-state index contributed by atoms with van der Waals surface area (Å²) in [4.78, 5) is 3.71. The van der Waals surface area contributed by atoms with Crippen LogP contribution < -0.4 is 4.72 Å². The van der Waals surface area contributed by atoms with Crippen LogP contribution in [0.15, 0.2) is 16.9 Å². The van der Waals surface area contributed by atoms with E-state index < -0.39 is 10.8 Å². The van der Waals surface area contributed by atoms with Crippen molar-refractivity contribution in [1.82, 2.24) is 4.98 Å². The second-order valence-corrected chi connectivity index (χ2v) is 4.91. The molecule has 3 N–H and O–H groups in total. The fourth-order valence-electron chi connectivity index (χ4n) is 0.520. The number of anilines is 1. The normalized spacial score (nSPS) is 13.4. The molecule has 12 heavy (non-hydrogen) atoms. The predicted octanol–water partition coefficient (Wildman–Crippen LogP) is 2.16. The fraction of sp³-hybridized carbons (Fsp3) is 0.500. The van der Waals surface area contributed by atoms with Crippen LogP contribution in [0.25, 0.3) is 0 Å². The smallest absolute Gasteiger partial charge is 0.313 e. The van der Waals surface area contributed by atoms with Gasteiger partial charge in [0.1, 0.15) is 6.26 Å². The maximum atomic E-state index is 9.39. The highest BCUT2D eigenvalue weighted by molar-refractivity contribution is 8.25. The first-order valence-electron chi connectivity index (χ1n) is 3.46.